The third-order valence-corrected chi connectivity index (χ3v) is 3.30. The van der Waals surface area contributed by atoms with Crippen LogP contribution in [-0.2, 0) is 5.41 Å². The molecule has 7 heteroatoms. The first-order chi connectivity index (χ1) is 7.92. The Morgan fingerprint density at radius 3 is 2.65 bits per heavy atom. The highest BCUT2D eigenvalue weighted by Gasteiger charge is 2.65. The zero-order chi connectivity index (χ0) is 12.3. The molecule has 3 rings (SSSR count). The van der Waals surface area contributed by atoms with Crippen LogP contribution in [0, 0.1) is 0 Å². The molecule has 3 nitrogen and oxygen atoms in total. The van der Waals surface area contributed by atoms with E-state index in [4.69, 9.17) is 11.6 Å². The van der Waals surface area contributed by atoms with Crippen LogP contribution < -0.4 is 0 Å². The van der Waals surface area contributed by atoms with Gasteiger partial charge in [-0.05, 0) is 18.9 Å². The monoisotopic (exact) mass is 261 g/mol. The Morgan fingerprint density at radius 2 is 2.06 bits per heavy atom. The van der Waals surface area contributed by atoms with Crippen LogP contribution in [0.3, 0.4) is 0 Å². The second-order valence-corrected chi connectivity index (χ2v) is 4.58. The van der Waals surface area contributed by atoms with Crippen molar-refractivity contribution in [2.45, 2.75) is 24.4 Å². The van der Waals surface area contributed by atoms with Gasteiger partial charge >= 0.3 is 6.18 Å². The maximum Gasteiger partial charge on any atom is 0.399 e. The molecule has 90 valence electrons. The molecular formula is C10H7ClF3N3. The second-order valence-electron chi connectivity index (χ2n) is 4.19. The lowest BCUT2D eigenvalue weighted by Gasteiger charge is -2.17. The molecule has 0 saturated heterocycles. The van der Waals surface area contributed by atoms with Crippen molar-refractivity contribution in [2.75, 3.05) is 0 Å². The zero-order valence-corrected chi connectivity index (χ0v) is 9.23. The molecule has 0 aromatic carbocycles. The number of nitrogens with zero attached hydrogens (tertiary/aromatic N) is 2. The summed E-state index contributed by atoms with van der Waals surface area (Å²) in [4.78, 5) is 10.5. The molecule has 2 aromatic heterocycles. The predicted octanol–water partition coefficient (Wildman–Crippen LogP) is 3.21. The number of nitrogens with one attached hydrogen (secondary N) is 1. The van der Waals surface area contributed by atoms with Crippen molar-refractivity contribution in [3.05, 3.63) is 23.1 Å². The number of hydrogen-bond acceptors (Lipinski definition) is 2. The molecule has 1 N–H and O–H groups in total. The van der Waals surface area contributed by atoms with Crippen molar-refractivity contribution in [3.63, 3.8) is 0 Å². The maximum absolute atomic E-state index is 12.9. The number of fused-ring (bicyclic) bond motifs is 1. The third kappa shape index (κ3) is 1.50. The van der Waals surface area contributed by atoms with E-state index in [1.807, 2.05) is 0 Å². The molecule has 0 aliphatic heterocycles. The molecule has 0 amide bonds. The van der Waals surface area contributed by atoms with Crippen LogP contribution in [0.1, 0.15) is 18.5 Å². The van der Waals surface area contributed by atoms with E-state index in [1.165, 1.54) is 12.3 Å². The Bertz CT molecular complexity index is 586. The predicted molar refractivity (Wildman–Crippen MR) is 55.9 cm³/mol. The van der Waals surface area contributed by atoms with Gasteiger partial charge in [-0.2, -0.15) is 13.2 Å². The molecule has 0 radical (unpaired) electrons. The number of halogens is 4. The smallest absolute Gasteiger partial charge is 0.341 e. The highest BCUT2D eigenvalue weighted by molar-refractivity contribution is 6.29. The molecule has 2 heterocycles. The number of hydrogen-bond donors (Lipinski definition) is 1. The molecule has 0 unspecified atom stereocenters. The first-order valence-corrected chi connectivity index (χ1v) is 5.39. The first-order valence-electron chi connectivity index (χ1n) is 5.01. The molecule has 0 spiro atoms. The Labute approximate surface area is 99.0 Å². The third-order valence-electron chi connectivity index (χ3n) is 3.11. The van der Waals surface area contributed by atoms with E-state index in [9.17, 15) is 13.2 Å². The lowest BCUT2D eigenvalue weighted by Crippen LogP contribution is -2.28. The summed E-state index contributed by atoms with van der Waals surface area (Å²) in [5.74, 6) is 0. The molecule has 2 aromatic rings. The van der Waals surface area contributed by atoms with Gasteiger partial charge in [0.1, 0.15) is 16.1 Å². The number of alkyl halides is 3. The Balaban J connectivity index is 2.13. The summed E-state index contributed by atoms with van der Waals surface area (Å²) in [5, 5.41) is 0.155. The number of H-pyrrole nitrogens is 1. The summed E-state index contributed by atoms with van der Waals surface area (Å²) in [5.41, 5.74) is -0.910. The van der Waals surface area contributed by atoms with Gasteiger partial charge in [-0.25, -0.2) is 9.97 Å². The van der Waals surface area contributed by atoms with Crippen LogP contribution in [0.25, 0.3) is 11.2 Å². The van der Waals surface area contributed by atoms with Crippen molar-refractivity contribution in [3.8, 4) is 0 Å². The Kier molecular flexibility index (Phi) is 1.99. The van der Waals surface area contributed by atoms with Crippen molar-refractivity contribution in [1.82, 2.24) is 15.0 Å². The van der Waals surface area contributed by atoms with Gasteiger partial charge in [0, 0.05) is 5.69 Å². The minimum Gasteiger partial charge on any atom is -0.341 e. The van der Waals surface area contributed by atoms with Gasteiger partial charge in [-0.15, -0.1) is 0 Å². The topological polar surface area (TPSA) is 41.6 Å². The Hall–Kier alpha value is -1.30. The lowest BCUT2D eigenvalue weighted by molar-refractivity contribution is -0.161. The molecule has 17 heavy (non-hydrogen) atoms. The fourth-order valence-electron chi connectivity index (χ4n) is 1.96. The summed E-state index contributed by atoms with van der Waals surface area (Å²) in [6.45, 7) is 0. The largest absolute Gasteiger partial charge is 0.399 e. The van der Waals surface area contributed by atoms with E-state index in [0.717, 1.165) is 0 Å². The van der Waals surface area contributed by atoms with Gasteiger partial charge in [-0.1, -0.05) is 11.6 Å². The summed E-state index contributed by atoms with van der Waals surface area (Å²) in [7, 11) is 0. The number of aromatic amines is 1. The highest BCUT2D eigenvalue weighted by atomic mass is 35.5. The van der Waals surface area contributed by atoms with Crippen LogP contribution in [0.4, 0.5) is 13.2 Å². The van der Waals surface area contributed by atoms with Crippen molar-refractivity contribution in [1.29, 1.82) is 0 Å². The van der Waals surface area contributed by atoms with E-state index >= 15 is 0 Å². The van der Waals surface area contributed by atoms with Crippen LogP contribution in [0.15, 0.2) is 12.3 Å². The molecule has 1 saturated carbocycles. The summed E-state index contributed by atoms with van der Waals surface area (Å²) < 4.78 is 38.7. The standard InChI is InChI=1S/C10H7ClF3N3/c11-7-4-15-5-3-6(16-8(5)17-7)9(1-2-9)10(12,13)14/h3-4H,1-2H2,(H,16,17). The average Bonchev–Trinajstić information content (AvgIpc) is 2.94. The van der Waals surface area contributed by atoms with Crippen molar-refractivity contribution in [2.24, 2.45) is 0 Å². The summed E-state index contributed by atoms with van der Waals surface area (Å²) in [6, 6.07) is 1.40. The summed E-state index contributed by atoms with van der Waals surface area (Å²) in [6.07, 6.45) is -2.71. The van der Waals surface area contributed by atoms with Crippen molar-refractivity contribution < 1.29 is 13.2 Å². The Morgan fingerprint density at radius 1 is 1.35 bits per heavy atom. The second kappa shape index (κ2) is 3.13. The normalized spacial score (nSPS) is 18.6. The van der Waals surface area contributed by atoms with E-state index in [-0.39, 0.29) is 23.7 Å². The average molecular weight is 262 g/mol. The quantitative estimate of drug-likeness (QED) is 0.856. The molecular weight excluding hydrogens is 255 g/mol. The van der Waals surface area contributed by atoms with Crippen LogP contribution in [0.2, 0.25) is 5.15 Å². The van der Waals surface area contributed by atoms with Gasteiger partial charge < -0.3 is 4.98 Å². The summed E-state index contributed by atoms with van der Waals surface area (Å²) >= 11 is 5.63. The van der Waals surface area contributed by atoms with Gasteiger partial charge in [0.25, 0.3) is 0 Å². The van der Waals surface area contributed by atoms with Crippen LogP contribution >= 0.6 is 11.6 Å². The molecule has 0 bridgehead atoms. The van der Waals surface area contributed by atoms with E-state index in [1.54, 1.807) is 0 Å². The number of aromatic nitrogens is 3. The first kappa shape index (κ1) is 10.8. The molecule has 1 fully saturated rings. The van der Waals surface area contributed by atoms with Crippen molar-refractivity contribution >= 4 is 22.8 Å². The lowest BCUT2D eigenvalue weighted by atomic mass is 10.0. The molecule has 1 aliphatic carbocycles. The minimum absolute atomic E-state index is 0.108. The SMILES string of the molecule is FC(F)(F)C1(c2cc3ncc(Cl)nc3[nH]2)CC1. The molecule has 1 aliphatic rings. The zero-order valence-electron chi connectivity index (χ0n) is 8.48. The van der Waals surface area contributed by atoms with Gasteiger partial charge in [0.2, 0.25) is 0 Å². The van der Waals surface area contributed by atoms with E-state index < -0.39 is 11.6 Å². The van der Waals surface area contributed by atoms with Crippen LogP contribution in [0.5, 0.6) is 0 Å². The van der Waals surface area contributed by atoms with Gasteiger partial charge in [0.05, 0.1) is 6.20 Å². The van der Waals surface area contributed by atoms with E-state index in [0.29, 0.717) is 11.2 Å². The van der Waals surface area contributed by atoms with Gasteiger partial charge in [0.15, 0.2) is 5.65 Å². The highest BCUT2D eigenvalue weighted by Crippen LogP contribution is 2.58. The fraction of sp³-hybridized carbons (Fsp3) is 0.400. The fourth-order valence-corrected chi connectivity index (χ4v) is 2.10. The maximum atomic E-state index is 12.9. The minimum atomic E-state index is -4.24. The van der Waals surface area contributed by atoms with Crippen LogP contribution in [-0.4, -0.2) is 21.1 Å². The van der Waals surface area contributed by atoms with E-state index in [2.05, 4.69) is 15.0 Å². The number of rotatable bonds is 1. The van der Waals surface area contributed by atoms with Gasteiger partial charge in [-0.3, -0.25) is 0 Å². The molecule has 0 atom stereocenters.